The number of fused-ring (bicyclic) bond motifs is 1. The molecular formula is C20H22N4O5S. The van der Waals surface area contributed by atoms with E-state index in [0.29, 0.717) is 30.7 Å². The summed E-state index contributed by atoms with van der Waals surface area (Å²) in [4.78, 5) is 24.5. The summed E-state index contributed by atoms with van der Waals surface area (Å²) in [6.07, 6.45) is 3.93. The second kappa shape index (κ2) is 7.69. The maximum Gasteiger partial charge on any atom is 0.336 e. The molecule has 1 aliphatic heterocycles. The van der Waals surface area contributed by atoms with Gasteiger partial charge in [-0.15, -0.1) is 0 Å². The van der Waals surface area contributed by atoms with Gasteiger partial charge in [0.2, 0.25) is 15.9 Å². The molecule has 1 fully saturated rings. The highest BCUT2D eigenvalue weighted by Crippen LogP contribution is 2.26. The lowest BCUT2D eigenvalue weighted by molar-refractivity contribution is -0.120. The SMILES string of the molecule is Cc1cc(=O)oc2cc(NC(=O)[C@H]3CCCN(S(=O)(=O)c4cnn(C)c4)C3)ccc12. The second-order valence-electron chi connectivity index (χ2n) is 7.50. The van der Waals surface area contributed by atoms with Gasteiger partial charge in [0.25, 0.3) is 0 Å². The molecule has 0 radical (unpaired) electrons. The van der Waals surface area contributed by atoms with E-state index in [1.165, 1.54) is 27.4 Å². The van der Waals surface area contributed by atoms with Crippen LogP contribution < -0.4 is 10.9 Å². The summed E-state index contributed by atoms with van der Waals surface area (Å²) in [5.74, 6) is -0.749. The highest BCUT2D eigenvalue weighted by atomic mass is 32.2. The van der Waals surface area contributed by atoms with Crippen molar-refractivity contribution in [3.8, 4) is 0 Å². The summed E-state index contributed by atoms with van der Waals surface area (Å²) in [6, 6.07) is 6.54. The van der Waals surface area contributed by atoms with E-state index >= 15 is 0 Å². The van der Waals surface area contributed by atoms with E-state index in [0.717, 1.165) is 10.9 Å². The summed E-state index contributed by atoms with van der Waals surface area (Å²) < 4.78 is 33.7. The van der Waals surface area contributed by atoms with E-state index in [9.17, 15) is 18.0 Å². The number of nitrogens with zero attached hydrogens (tertiary/aromatic N) is 3. The van der Waals surface area contributed by atoms with Crippen molar-refractivity contribution in [2.45, 2.75) is 24.7 Å². The molecule has 3 heterocycles. The van der Waals surface area contributed by atoms with Crippen molar-refractivity contribution >= 4 is 32.6 Å². The van der Waals surface area contributed by atoms with E-state index in [2.05, 4.69) is 10.4 Å². The first-order chi connectivity index (χ1) is 14.2. The first kappa shape index (κ1) is 20.3. The zero-order valence-electron chi connectivity index (χ0n) is 16.7. The molecule has 0 spiro atoms. The molecule has 0 bridgehead atoms. The maximum absolute atomic E-state index is 12.8. The normalized spacial score (nSPS) is 17.9. The van der Waals surface area contributed by atoms with Crippen LogP contribution in [0.2, 0.25) is 0 Å². The number of nitrogens with one attached hydrogen (secondary N) is 1. The summed E-state index contributed by atoms with van der Waals surface area (Å²) >= 11 is 0. The molecular weight excluding hydrogens is 408 g/mol. The van der Waals surface area contributed by atoms with Crippen LogP contribution in [0.1, 0.15) is 18.4 Å². The van der Waals surface area contributed by atoms with Crippen molar-refractivity contribution in [1.82, 2.24) is 14.1 Å². The summed E-state index contributed by atoms with van der Waals surface area (Å²) in [7, 11) is -2.05. The Kier molecular flexibility index (Phi) is 5.20. The average molecular weight is 430 g/mol. The molecule has 1 N–H and O–H groups in total. The molecule has 9 nitrogen and oxygen atoms in total. The molecule has 1 atom stereocenters. The molecule has 1 aliphatic rings. The number of carbonyl (C=O) groups excluding carboxylic acids is 1. The minimum atomic E-state index is -3.70. The van der Waals surface area contributed by atoms with Gasteiger partial charge in [-0.3, -0.25) is 9.48 Å². The fourth-order valence-corrected chi connectivity index (χ4v) is 5.21. The average Bonchev–Trinajstić information content (AvgIpc) is 3.15. The zero-order valence-corrected chi connectivity index (χ0v) is 17.5. The van der Waals surface area contributed by atoms with Gasteiger partial charge in [0.15, 0.2) is 0 Å². The number of piperidine rings is 1. The molecule has 0 aliphatic carbocycles. The Bertz CT molecular complexity index is 1280. The molecule has 1 aromatic carbocycles. The number of benzene rings is 1. The third-order valence-electron chi connectivity index (χ3n) is 5.29. The number of hydrogen-bond donors (Lipinski definition) is 1. The second-order valence-corrected chi connectivity index (χ2v) is 9.44. The Morgan fingerprint density at radius 3 is 2.83 bits per heavy atom. The van der Waals surface area contributed by atoms with Crippen LogP contribution in [0.25, 0.3) is 11.0 Å². The predicted molar refractivity (Wildman–Crippen MR) is 111 cm³/mol. The van der Waals surface area contributed by atoms with Crippen molar-refractivity contribution in [3.63, 3.8) is 0 Å². The zero-order chi connectivity index (χ0) is 21.5. The molecule has 2 aromatic heterocycles. The lowest BCUT2D eigenvalue weighted by Gasteiger charge is -2.30. The van der Waals surface area contributed by atoms with Gasteiger partial charge in [-0.1, -0.05) is 0 Å². The molecule has 0 unspecified atom stereocenters. The van der Waals surface area contributed by atoms with Gasteiger partial charge < -0.3 is 9.73 Å². The van der Waals surface area contributed by atoms with Crippen molar-refractivity contribution < 1.29 is 17.6 Å². The Morgan fingerprint density at radius 2 is 2.10 bits per heavy atom. The Balaban J connectivity index is 1.51. The Labute approximate surface area is 173 Å². The highest BCUT2D eigenvalue weighted by Gasteiger charge is 2.34. The van der Waals surface area contributed by atoms with Crippen LogP contribution in [0.4, 0.5) is 5.69 Å². The molecule has 4 rings (SSSR count). The highest BCUT2D eigenvalue weighted by molar-refractivity contribution is 7.89. The summed E-state index contributed by atoms with van der Waals surface area (Å²) in [6.45, 7) is 2.28. The van der Waals surface area contributed by atoms with Crippen molar-refractivity contribution in [3.05, 3.63) is 52.6 Å². The number of anilines is 1. The number of sulfonamides is 1. The van der Waals surface area contributed by atoms with Crippen molar-refractivity contribution in [2.24, 2.45) is 13.0 Å². The van der Waals surface area contributed by atoms with Crippen LogP contribution in [0.15, 0.2) is 50.8 Å². The van der Waals surface area contributed by atoms with Crippen molar-refractivity contribution in [2.75, 3.05) is 18.4 Å². The van der Waals surface area contributed by atoms with E-state index in [4.69, 9.17) is 4.42 Å². The van der Waals surface area contributed by atoms with Gasteiger partial charge in [-0.25, -0.2) is 13.2 Å². The minimum absolute atomic E-state index is 0.102. The number of hydrogen-bond acceptors (Lipinski definition) is 6. The summed E-state index contributed by atoms with van der Waals surface area (Å²) in [5.41, 5.74) is 1.23. The summed E-state index contributed by atoms with van der Waals surface area (Å²) in [5, 5.41) is 7.54. The predicted octanol–water partition coefficient (Wildman–Crippen LogP) is 1.87. The molecule has 0 saturated carbocycles. The van der Waals surface area contributed by atoms with Crippen LogP contribution in [0.3, 0.4) is 0 Å². The smallest absolute Gasteiger partial charge is 0.336 e. The molecule has 158 valence electrons. The fourth-order valence-electron chi connectivity index (χ4n) is 3.70. The van der Waals surface area contributed by atoms with E-state index in [1.54, 1.807) is 25.2 Å². The standard InChI is InChI=1S/C20H22N4O5S/c1-13-8-19(25)29-18-9-15(5-6-17(13)18)22-20(26)14-4-3-7-24(11-14)30(27,28)16-10-21-23(2)12-16/h5-6,8-10,12,14H,3-4,7,11H2,1-2H3,(H,22,26)/t14-/m0/s1. The number of carbonyl (C=O) groups is 1. The number of aromatic nitrogens is 2. The van der Waals surface area contributed by atoms with Gasteiger partial charge in [-0.2, -0.15) is 9.40 Å². The third-order valence-corrected chi connectivity index (χ3v) is 7.11. The van der Waals surface area contributed by atoms with Crippen LogP contribution in [0, 0.1) is 12.8 Å². The topological polar surface area (TPSA) is 115 Å². The lowest BCUT2D eigenvalue weighted by Crippen LogP contribution is -2.43. The number of amides is 1. The largest absolute Gasteiger partial charge is 0.423 e. The third kappa shape index (κ3) is 3.88. The van der Waals surface area contributed by atoms with Crippen LogP contribution in [-0.4, -0.2) is 41.5 Å². The van der Waals surface area contributed by atoms with Crippen LogP contribution >= 0.6 is 0 Å². The number of rotatable bonds is 4. The molecule has 10 heteroatoms. The Hall–Kier alpha value is -2.98. The van der Waals surface area contributed by atoms with E-state index in [-0.39, 0.29) is 17.3 Å². The lowest BCUT2D eigenvalue weighted by atomic mass is 9.98. The molecule has 1 saturated heterocycles. The Morgan fingerprint density at radius 1 is 1.30 bits per heavy atom. The molecule has 1 amide bonds. The van der Waals surface area contributed by atoms with Crippen molar-refractivity contribution in [1.29, 1.82) is 0 Å². The van der Waals surface area contributed by atoms with Gasteiger partial charge in [0.1, 0.15) is 10.5 Å². The van der Waals surface area contributed by atoms with Gasteiger partial charge in [0, 0.05) is 49.5 Å². The fraction of sp³-hybridized carbons (Fsp3) is 0.350. The first-order valence-electron chi connectivity index (χ1n) is 9.58. The minimum Gasteiger partial charge on any atom is -0.423 e. The quantitative estimate of drug-likeness (QED) is 0.632. The van der Waals surface area contributed by atoms with E-state index in [1.807, 2.05) is 6.92 Å². The van der Waals surface area contributed by atoms with Crippen LogP contribution in [-0.2, 0) is 21.9 Å². The van der Waals surface area contributed by atoms with E-state index < -0.39 is 21.6 Å². The van der Waals surface area contributed by atoms with Crippen LogP contribution in [0.5, 0.6) is 0 Å². The maximum atomic E-state index is 12.8. The van der Waals surface area contributed by atoms with Gasteiger partial charge in [-0.05, 0) is 37.5 Å². The molecule has 3 aromatic rings. The van der Waals surface area contributed by atoms with Gasteiger partial charge >= 0.3 is 5.63 Å². The monoisotopic (exact) mass is 430 g/mol. The van der Waals surface area contributed by atoms with Gasteiger partial charge in [0.05, 0.1) is 12.1 Å². The number of aryl methyl sites for hydroxylation is 2. The first-order valence-corrected chi connectivity index (χ1v) is 11.0. The molecule has 30 heavy (non-hydrogen) atoms.